The number of hydrogen-bond donors (Lipinski definition) is 0. The molecule has 0 amide bonds. The number of nitrogens with zero attached hydrogens (tertiary/aromatic N) is 1. The zero-order valence-corrected chi connectivity index (χ0v) is 11.4. The first-order valence-electron chi connectivity index (χ1n) is 5.74. The molecule has 2 rings (SSSR count). The van der Waals surface area contributed by atoms with Gasteiger partial charge in [-0.25, -0.2) is 9.37 Å². The molecule has 2 nitrogen and oxygen atoms in total. The van der Waals surface area contributed by atoms with Crippen LogP contribution in [0.3, 0.4) is 0 Å². The topological polar surface area (TPSA) is 30.0 Å². The molecule has 0 saturated carbocycles. The summed E-state index contributed by atoms with van der Waals surface area (Å²) < 4.78 is 51.1. The zero-order chi connectivity index (χ0) is 15.8. The van der Waals surface area contributed by atoms with Crippen molar-refractivity contribution in [1.82, 2.24) is 4.98 Å². The minimum atomic E-state index is -4.67. The van der Waals surface area contributed by atoms with Gasteiger partial charge < -0.3 is 0 Å². The van der Waals surface area contributed by atoms with E-state index >= 15 is 0 Å². The molecule has 0 aliphatic heterocycles. The summed E-state index contributed by atoms with van der Waals surface area (Å²) in [7, 11) is 0. The van der Waals surface area contributed by atoms with Crippen molar-refractivity contribution in [3.63, 3.8) is 0 Å². The van der Waals surface area contributed by atoms with E-state index in [1.54, 1.807) is 6.92 Å². The van der Waals surface area contributed by atoms with E-state index in [0.717, 1.165) is 12.1 Å². The van der Waals surface area contributed by atoms with E-state index in [1.807, 2.05) is 0 Å². The molecular weight excluding hydrogens is 310 g/mol. The van der Waals surface area contributed by atoms with Gasteiger partial charge in [0.2, 0.25) is 0 Å². The monoisotopic (exact) mass is 317 g/mol. The van der Waals surface area contributed by atoms with Gasteiger partial charge in [-0.15, -0.1) is 0 Å². The number of rotatable bonds is 2. The van der Waals surface area contributed by atoms with Gasteiger partial charge in [-0.3, -0.25) is 4.79 Å². The largest absolute Gasteiger partial charge is 0.433 e. The molecule has 1 aromatic carbocycles. The maximum absolute atomic E-state index is 13.7. The summed E-state index contributed by atoms with van der Waals surface area (Å²) in [5.41, 5.74) is -1.16. The van der Waals surface area contributed by atoms with Crippen LogP contribution in [-0.2, 0) is 6.18 Å². The van der Waals surface area contributed by atoms with Crippen LogP contribution in [0, 0.1) is 12.7 Å². The van der Waals surface area contributed by atoms with Crippen molar-refractivity contribution in [1.29, 1.82) is 0 Å². The van der Waals surface area contributed by atoms with E-state index in [9.17, 15) is 22.4 Å². The highest BCUT2D eigenvalue weighted by Crippen LogP contribution is 2.30. The number of carbonyl (C=O) groups excluding carboxylic acids is 1. The SMILES string of the molecule is Cc1ccc(C(=O)c2ccc(C(F)(F)F)nc2Cl)c(F)c1. The van der Waals surface area contributed by atoms with Crippen molar-refractivity contribution in [3.05, 3.63) is 63.7 Å². The molecule has 1 aromatic heterocycles. The van der Waals surface area contributed by atoms with Gasteiger partial charge in [0.25, 0.3) is 0 Å². The average molecular weight is 318 g/mol. The smallest absolute Gasteiger partial charge is 0.288 e. The molecule has 0 unspecified atom stereocenters. The molecule has 0 fully saturated rings. The quantitative estimate of drug-likeness (QED) is 0.466. The molecule has 0 aliphatic carbocycles. The summed E-state index contributed by atoms with van der Waals surface area (Å²) in [5, 5.41) is -0.616. The highest BCUT2D eigenvalue weighted by Gasteiger charge is 2.33. The minimum Gasteiger partial charge on any atom is -0.288 e. The fourth-order valence-corrected chi connectivity index (χ4v) is 1.95. The van der Waals surface area contributed by atoms with E-state index in [2.05, 4.69) is 4.98 Å². The van der Waals surface area contributed by atoms with E-state index in [4.69, 9.17) is 11.6 Å². The van der Waals surface area contributed by atoms with Crippen LogP contribution in [0.5, 0.6) is 0 Å². The van der Waals surface area contributed by atoms with Crippen molar-refractivity contribution in [2.75, 3.05) is 0 Å². The first kappa shape index (κ1) is 15.4. The van der Waals surface area contributed by atoms with Crippen LogP contribution in [0.4, 0.5) is 17.6 Å². The van der Waals surface area contributed by atoms with Crippen molar-refractivity contribution in [2.24, 2.45) is 0 Å². The standard InChI is InChI=1S/C14H8ClF4NO/c1-7-2-3-8(10(16)6-7)12(21)9-4-5-11(14(17,18)19)20-13(9)15/h2-6H,1H3. The summed E-state index contributed by atoms with van der Waals surface area (Å²) in [5.74, 6) is -1.59. The van der Waals surface area contributed by atoms with E-state index in [-0.39, 0.29) is 11.1 Å². The molecule has 0 saturated heterocycles. The van der Waals surface area contributed by atoms with Crippen LogP contribution in [0.1, 0.15) is 27.2 Å². The first-order valence-corrected chi connectivity index (χ1v) is 6.12. The van der Waals surface area contributed by atoms with Gasteiger partial charge in [-0.1, -0.05) is 17.7 Å². The van der Waals surface area contributed by atoms with E-state index < -0.39 is 28.6 Å². The van der Waals surface area contributed by atoms with Crippen molar-refractivity contribution >= 4 is 17.4 Å². The molecule has 1 heterocycles. The van der Waals surface area contributed by atoms with Crippen LogP contribution in [0.25, 0.3) is 0 Å². The molecule has 0 N–H and O–H groups in total. The second kappa shape index (κ2) is 5.44. The molecule has 2 aromatic rings. The number of halogens is 5. The Hall–Kier alpha value is -1.95. The highest BCUT2D eigenvalue weighted by atomic mass is 35.5. The third kappa shape index (κ3) is 3.21. The Labute approximate surface area is 122 Å². The minimum absolute atomic E-state index is 0.274. The second-order valence-electron chi connectivity index (χ2n) is 4.35. The van der Waals surface area contributed by atoms with Crippen LogP contribution in [-0.4, -0.2) is 10.8 Å². The Balaban J connectivity index is 2.45. The lowest BCUT2D eigenvalue weighted by atomic mass is 10.0. The Kier molecular flexibility index (Phi) is 4.00. The van der Waals surface area contributed by atoms with Crippen molar-refractivity contribution < 1.29 is 22.4 Å². The molecular formula is C14H8ClF4NO. The van der Waals surface area contributed by atoms with Crippen molar-refractivity contribution in [2.45, 2.75) is 13.1 Å². The second-order valence-corrected chi connectivity index (χ2v) is 4.70. The maximum atomic E-state index is 13.7. The Morgan fingerprint density at radius 3 is 2.29 bits per heavy atom. The number of carbonyl (C=O) groups is 1. The van der Waals surface area contributed by atoms with Crippen LogP contribution in [0.15, 0.2) is 30.3 Å². The number of ketones is 1. The molecule has 21 heavy (non-hydrogen) atoms. The third-order valence-electron chi connectivity index (χ3n) is 2.75. The predicted octanol–water partition coefficient (Wildman–Crippen LogP) is 4.43. The highest BCUT2D eigenvalue weighted by molar-refractivity contribution is 6.33. The van der Waals surface area contributed by atoms with Crippen molar-refractivity contribution in [3.8, 4) is 0 Å². The van der Waals surface area contributed by atoms with Crippen LogP contribution >= 0.6 is 11.6 Å². The molecule has 110 valence electrons. The Bertz CT molecular complexity index is 713. The van der Waals surface area contributed by atoms with Gasteiger partial charge in [0.1, 0.15) is 16.7 Å². The van der Waals surface area contributed by atoms with Gasteiger partial charge >= 0.3 is 6.18 Å². The van der Waals surface area contributed by atoms with E-state index in [0.29, 0.717) is 11.6 Å². The van der Waals surface area contributed by atoms with E-state index in [1.165, 1.54) is 12.1 Å². The van der Waals surface area contributed by atoms with Crippen LogP contribution in [0.2, 0.25) is 5.15 Å². The van der Waals surface area contributed by atoms with Gasteiger partial charge in [0.05, 0.1) is 11.1 Å². The molecule has 0 radical (unpaired) electrons. The summed E-state index contributed by atoms with van der Waals surface area (Å²) in [6.45, 7) is 1.64. The Morgan fingerprint density at radius 2 is 1.76 bits per heavy atom. The number of hydrogen-bond acceptors (Lipinski definition) is 2. The predicted molar refractivity (Wildman–Crippen MR) is 68.8 cm³/mol. The zero-order valence-electron chi connectivity index (χ0n) is 10.6. The third-order valence-corrected chi connectivity index (χ3v) is 3.04. The average Bonchev–Trinajstić information content (AvgIpc) is 2.36. The number of pyridine rings is 1. The number of aromatic nitrogens is 1. The van der Waals surface area contributed by atoms with Gasteiger partial charge in [0.15, 0.2) is 5.78 Å². The lowest BCUT2D eigenvalue weighted by Crippen LogP contribution is -2.11. The summed E-state index contributed by atoms with van der Waals surface area (Å²) in [6.07, 6.45) is -4.67. The maximum Gasteiger partial charge on any atom is 0.433 e. The summed E-state index contributed by atoms with van der Waals surface area (Å²) in [4.78, 5) is 15.2. The molecule has 0 atom stereocenters. The van der Waals surface area contributed by atoms with Gasteiger partial charge in [0, 0.05) is 0 Å². The Morgan fingerprint density at radius 1 is 1.14 bits per heavy atom. The van der Waals surface area contributed by atoms with Crippen LogP contribution < -0.4 is 0 Å². The van der Waals surface area contributed by atoms with Gasteiger partial charge in [-0.2, -0.15) is 13.2 Å². The lowest BCUT2D eigenvalue weighted by molar-refractivity contribution is -0.141. The number of alkyl halides is 3. The molecule has 0 bridgehead atoms. The summed E-state index contributed by atoms with van der Waals surface area (Å²) >= 11 is 5.61. The number of aryl methyl sites for hydroxylation is 1. The van der Waals surface area contributed by atoms with Gasteiger partial charge in [-0.05, 0) is 36.8 Å². The normalized spacial score (nSPS) is 11.5. The first-order chi connectivity index (χ1) is 9.70. The molecule has 0 aliphatic rings. The summed E-state index contributed by atoms with van der Waals surface area (Å²) in [6, 6.07) is 5.44. The fraction of sp³-hybridized carbons (Fsp3) is 0.143. The molecule has 0 spiro atoms. The molecule has 7 heteroatoms. The lowest BCUT2D eigenvalue weighted by Gasteiger charge is -2.09. The fourth-order valence-electron chi connectivity index (χ4n) is 1.71. The number of benzene rings is 1.